The van der Waals surface area contributed by atoms with Crippen LogP contribution in [0.1, 0.15) is 26.7 Å². The summed E-state index contributed by atoms with van der Waals surface area (Å²) in [5.74, 6) is -0.278. The molecule has 0 aromatic heterocycles. The van der Waals surface area contributed by atoms with Crippen molar-refractivity contribution in [1.82, 2.24) is 0 Å². The molecule has 0 fully saturated rings. The molecule has 1 aliphatic carbocycles. The van der Waals surface area contributed by atoms with E-state index in [0.717, 1.165) is 0 Å². The van der Waals surface area contributed by atoms with E-state index in [2.05, 4.69) is 10.3 Å². The third-order valence-corrected chi connectivity index (χ3v) is 4.47. The van der Waals surface area contributed by atoms with Crippen LogP contribution in [0.25, 0.3) is 0 Å². The molecule has 2 aromatic carbocycles. The van der Waals surface area contributed by atoms with Crippen LogP contribution < -0.4 is 5.32 Å². The van der Waals surface area contributed by atoms with E-state index in [0.29, 0.717) is 35.0 Å². The number of para-hydroxylation sites is 1. The summed E-state index contributed by atoms with van der Waals surface area (Å²) in [6, 6.07) is 16.3. The Labute approximate surface area is 158 Å². The Morgan fingerprint density at radius 3 is 2.38 bits per heavy atom. The molecule has 4 nitrogen and oxygen atoms in total. The van der Waals surface area contributed by atoms with Crippen molar-refractivity contribution in [1.29, 1.82) is 0 Å². The van der Waals surface area contributed by atoms with E-state index in [1.54, 1.807) is 36.4 Å². The average Bonchev–Trinajstić information content (AvgIpc) is 2.56. The maximum atomic E-state index is 12.8. The van der Waals surface area contributed by atoms with Gasteiger partial charge in [0.1, 0.15) is 5.76 Å². The summed E-state index contributed by atoms with van der Waals surface area (Å²) in [4.78, 5) is 17.4. The molecule has 5 heteroatoms. The van der Waals surface area contributed by atoms with Crippen molar-refractivity contribution in [2.45, 2.75) is 26.7 Å². The van der Waals surface area contributed by atoms with Crippen LogP contribution in [-0.2, 0) is 4.79 Å². The van der Waals surface area contributed by atoms with Gasteiger partial charge in [0.25, 0.3) is 5.91 Å². The lowest BCUT2D eigenvalue weighted by atomic mass is 9.76. The Bertz CT molecular complexity index is 869. The Kier molecular flexibility index (Phi) is 5.14. The van der Waals surface area contributed by atoms with Crippen LogP contribution in [0.5, 0.6) is 0 Å². The normalized spacial score (nSPS) is 18.0. The van der Waals surface area contributed by atoms with Gasteiger partial charge in [-0.25, -0.2) is 0 Å². The molecule has 3 rings (SSSR count). The number of carbonyl (C=O) groups excluding carboxylic acids is 1. The first-order valence-electron chi connectivity index (χ1n) is 8.46. The smallest absolute Gasteiger partial charge is 0.260 e. The molecule has 0 bridgehead atoms. The molecule has 0 radical (unpaired) electrons. The van der Waals surface area contributed by atoms with Crippen molar-refractivity contribution in [3.05, 3.63) is 71.0 Å². The van der Waals surface area contributed by atoms with Gasteiger partial charge >= 0.3 is 0 Å². The van der Waals surface area contributed by atoms with E-state index in [-0.39, 0.29) is 22.7 Å². The zero-order chi connectivity index (χ0) is 18.7. The molecular weight excluding hydrogens is 348 g/mol. The number of anilines is 1. The summed E-state index contributed by atoms with van der Waals surface area (Å²) in [5, 5.41) is 14.0. The van der Waals surface area contributed by atoms with Gasteiger partial charge in [-0.1, -0.05) is 43.6 Å². The van der Waals surface area contributed by atoms with Crippen molar-refractivity contribution in [3.8, 4) is 0 Å². The number of aliphatic hydroxyl groups excluding tert-OH is 1. The zero-order valence-electron chi connectivity index (χ0n) is 14.8. The van der Waals surface area contributed by atoms with Crippen LogP contribution in [0, 0.1) is 5.41 Å². The topological polar surface area (TPSA) is 61.7 Å². The second-order valence-electron chi connectivity index (χ2n) is 7.19. The molecule has 2 aromatic rings. The molecule has 2 N–H and O–H groups in total. The lowest BCUT2D eigenvalue weighted by Gasteiger charge is -2.31. The molecule has 0 saturated carbocycles. The summed E-state index contributed by atoms with van der Waals surface area (Å²) in [7, 11) is 0. The van der Waals surface area contributed by atoms with Gasteiger partial charge in [0.05, 0.1) is 17.0 Å². The fourth-order valence-corrected chi connectivity index (χ4v) is 3.18. The number of aliphatic hydroxyl groups is 1. The van der Waals surface area contributed by atoms with Crippen LogP contribution in [0.15, 0.2) is 70.9 Å². The predicted octanol–water partition coefficient (Wildman–Crippen LogP) is 5.68. The number of nitrogens with zero attached hydrogens (tertiary/aromatic N) is 1. The second-order valence-corrected chi connectivity index (χ2v) is 7.63. The van der Waals surface area contributed by atoms with E-state index in [1.807, 2.05) is 32.0 Å². The number of hydrogen-bond donors (Lipinski definition) is 2. The maximum Gasteiger partial charge on any atom is 0.260 e. The lowest BCUT2D eigenvalue weighted by Crippen LogP contribution is -2.31. The molecule has 0 spiro atoms. The average molecular weight is 369 g/mol. The Morgan fingerprint density at radius 2 is 1.73 bits per heavy atom. The van der Waals surface area contributed by atoms with Crippen LogP contribution in [0.2, 0.25) is 5.02 Å². The van der Waals surface area contributed by atoms with E-state index < -0.39 is 0 Å². The maximum absolute atomic E-state index is 12.8. The highest BCUT2D eigenvalue weighted by Crippen LogP contribution is 2.37. The molecule has 0 atom stereocenters. The summed E-state index contributed by atoms with van der Waals surface area (Å²) < 4.78 is 0. The Morgan fingerprint density at radius 1 is 1.08 bits per heavy atom. The van der Waals surface area contributed by atoms with E-state index in [4.69, 9.17) is 11.6 Å². The van der Waals surface area contributed by atoms with Gasteiger partial charge in [0.2, 0.25) is 0 Å². The number of halogens is 1. The first-order valence-corrected chi connectivity index (χ1v) is 8.84. The first kappa shape index (κ1) is 18.2. The highest BCUT2D eigenvalue weighted by molar-refractivity contribution is 6.30. The van der Waals surface area contributed by atoms with Crippen LogP contribution in [0.3, 0.4) is 0 Å². The van der Waals surface area contributed by atoms with Gasteiger partial charge in [-0.15, -0.1) is 0 Å². The molecule has 0 heterocycles. The Balaban J connectivity index is 1.97. The summed E-state index contributed by atoms with van der Waals surface area (Å²) >= 11 is 5.93. The summed E-state index contributed by atoms with van der Waals surface area (Å²) in [6.07, 6.45) is 1.03. The fourth-order valence-electron chi connectivity index (χ4n) is 3.06. The van der Waals surface area contributed by atoms with Crippen molar-refractivity contribution < 1.29 is 9.90 Å². The minimum Gasteiger partial charge on any atom is -0.511 e. The molecule has 0 unspecified atom stereocenters. The van der Waals surface area contributed by atoms with Crippen molar-refractivity contribution in [2.24, 2.45) is 10.4 Å². The number of nitrogens with one attached hydrogen (secondary N) is 1. The quantitative estimate of drug-likeness (QED) is 0.731. The number of rotatable bonds is 3. The fraction of sp³-hybridized carbons (Fsp3) is 0.238. The molecule has 26 heavy (non-hydrogen) atoms. The molecule has 134 valence electrons. The predicted molar refractivity (Wildman–Crippen MR) is 106 cm³/mol. The lowest BCUT2D eigenvalue weighted by molar-refractivity contribution is -0.112. The van der Waals surface area contributed by atoms with Gasteiger partial charge < -0.3 is 10.4 Å². The second kappa shape index (κ2) is 7.34. The molecule has 1 amide bonds. The van der Waals surface area contributed by atoms with Crippen LogP contribution in [-0.4, -0.2) is 16.7 Å². The number of allylic oxidation sites excluding steroid dienone is 1. The summed E-state index contributed by atoms with van der Waals surface area (Å²) in [6.45, 7) is 4.10. The monoisotopic (exact) mass is 368 g/mol. The minimum absolute atomic E-state index is 0.0717. The van der Waals surface area contributed by atoms with Gasteiger partial charge in [0, 0.05) is 17.1 Å². The van der Waals surface area contributed by atoms with Gasteiger partial charge in [-0.2, -0.15) is 0 Å². The third kappa shape index (κ3) is 4.33. The number of benzene rings is 2. The van der Waals surface area contributed by atoms with Gasteiger partial charge in [-0.05, 0) is 48.2 Å². The van der Waals surface area contributed by atoms with E-state index >= 15 is 0 Å². The largest absolute Gasteiger partial charge is 0.511 e. The first-order chi connectivity index (χ1) is 12.3. The number of aliphatic imine (C=N–C) groups is 1. The summed E-state index contributed by atoms with van der Waals surface area (Å²) in [5.41, 5.74) is 2.03. The highest BCUT2D eigenvalue weighted by Gasteiger charge is 2.34. The molecule has 0 saturated heterocycles. The zero-order valence-corrected chi connectivity index (χ0v) is 15.5. The third-order valence-electron chi connectivity index (χ3n) is 4.22. The molecular formula is C21H21ClN2O2. The van der Waals surface area contributed by atoms with Gasteiger partial charge in [0.15, 0.2) is 0 Å². The van der Waals surface area contributed by atoms with E-state index in [1.165, 1.54) is 0 Å². The molecule has 1 aliphatic rings. The highest BCUT2D eigenvalue weighted by atomic mass is 35.5. The van der Waals surface area contributed by atoms with Crippen LogP contribution in [0.4, 0.5) is 11.4 Å². The SMILES string of the molecule is CC1(C)CC(=Nc2ccc(Cl)cc2)C(C(=O)Nc2ccccc2)=C(O)C1. The van der Waals surface area contributed by atoms with Crippen molar-refractivity contribution in [2.75, 3.05) is 5.32 Å². The number of hydrogen-bond acceptors (Lipinski definition) is 3. The Hall–Kier alpha value is -2.59. The van der Waals surface area contributed by atoms with E-state index in [9.17, 15) is 9.90 Å². The minimum atomic E-state index is -0.350. The van der Waals surface area contributed by atoms with Crippen molar-refractivity contribution in [3.63, 3.8) is 0 Å². The number of amides is 1. The van der Waals surface area contributed by atoms with Gasteiger partial charge in [-0.3, -0.25) is 9.79 Å². The molecule has 0 aliphatic heterocycles. The standard InChI is InChI=1S/C21H21ClN2O2/c1-21(2)12-17(23-16-10-8-14(22)9-11-16)19(18(25)13-21)20(26)24-15-6-4-3-5-7-15/h3-11,25H,12-13H2,1-2H3,(H,24,26). The van der Waals surface area contributed by atoms with Crippen molar-refractivity contribution >= 4 is 34.6 Å². The van der Waals surface area contributed by atoms with Crippen LogP contribution >= 0.6 is 11.6 Å². The number of carbonyl (C=O) groups is 1.